The van der Waals surface area contributed by atoms with E-state index in [1.54, 1.807) is 0 Å². The summed E-state index contributed by atoms with van der Waals surface area (Å²) in [7, 11) is 0. The molecule has 0 amide bonds. The normalized spacial score (nSPS) is 26.9. The summed E-state index contributed by atoms with van der Waals surface area (Å²) in [5.41, 5.74) is 1.32. The van der Waals surface area contributed by atoms with Gasteiger partial charge >= 0.3 is 0 Å². The molecule has 2 rings (SSSR count). The highest BCUT2D eigenvalue weighted by Crippen LogP contribution is 2.36. The van der Waals surface area contributed by atoms with E-state index >= 15 is 0 Å². The summed E-state index contributed by atoms with van der Waals surface area (Å²) in [6.45, 7) is 8.01. The van der Waals surface area contributed by atoms with Gasteiger partial charge < -0.3 is 5.32 Å². The fourth-order valence-electron chi connectivity index (χ4n) is 3.41. The SMILES string of the molecule is CC1CCC(CNC(C)C)C(Cc2ccccc2Cl)C1. The number of halogens is 1. The summed E-state index contributed by atoms with van der Waals surface area (Å²) in [4.78, 5) is 0. The lowest BCUT2D eigenvalue weighted by Gasteiger charge is -2.36. The number of rotatable bonds is 5. The molecule has 3 atom stereocenters. The molecule has 1 fully saturated rings. The molecule has 0 bridgehead atoms. The van der Waals surface area contributed by atoms with Gasteiger partial charge in [-0.25, -0.2) is 0 Å². The van der Waals surface area contributed by atoms with Crippen molar-refractivity contribution >= 4 is 11.6 Å². The lowest BCUT2D eigenvalue weighted by atomic mass is 9.72. The van der Waals surface area contributed by atoms with E-state index in [0.717, 1.165) is 35.7 Å². The van der Waals surface area contributed by atoms with Crippen LogP contribution in [-0.2, 0) is 6.42 Å². The molecule has 1 aliphatic rings. The van der Waals surface area contributed by atoms with Gasteiger partial charge in [-0.1, -0.05) is 57.0 Å². The van der Waals surface area contributed by atoms with Crippen molar-refractivity contribution in [3.63, 3.8) is 0 Å². The first-order chi connectivity index (χ1) is 9.56. The minimum absolute atomic E-state index is 0.579. The quantitative estimate of drug-likeness (QED) is 0.811. The predicted molar refractivity (Wildman–Crippen MR) is 88.3 cm³/mol. The smallest absolute Gasteiger partial charge is 0.0438 e. The molecular weight excluding hydrogens is 266 g/mol. The lowest BCUT2D eigenvalue weighted by Crippen LogP contribution is -2.36. The van der Waals surface area contributed by atoms with Crippen molar-refractivity contribution in [3.05, 3.63) is 34.9 Å². The number of benzene rings is 1. The summed E-state index contributed by atoms with van der Waals surface area (Å²) in [6.07, 6.45) is 5.21. The van der Waals surface area contributed by atoms with Crippen molar-refractivity contribution in [2.45, 2.75) is 52.5 Å². The Kier molecular flexibility index (Phi) is 5.92. The second-order valence-electron chi connectivity index (χ2n) is 6.80. The molecular formula is C18H28ClN. The summed E-state index contributed by atoms with van der Waals surface area (Å²) >= 11 is 6.34. The average Bonchev–Trinajstić information content (AvgIpc) is 2.40. The molecule has 0 spiro atoms. The Labute approximate surface area is 129 Å². The Bertz CT molecular complexity index is 416. The molecule has 0 heterocycles. The fourth-order valence-corrected chi connectivity index (χ4v) is 3.63. The predicted octanol–water partition coefficient (Wildman–Crippen LogP) is 4.93. The van der Waals surface area contributed by atoms with Gasteiger partial charge in [0, 0.05) is 11.1 Å². The first-order valence-electron chi connectivity index (χ1n) is 8.03. The average molecular weight is 294 g/mol. The minimum atomic E-state index is 0.579. The monoisotopic (exact) mass is 293 g/mol. The molecule has 2 heteroatoms. The van der Waals surface area contributed by atoms with E-state index in [9.17, 15) is 0 Å². The van der Waals surface area contributed by atoms with Crippen molar-refractivity contribution in [1.82, 2.24) is 5.32 Å². The second-order valence-corrected chi connectivity index (χ2v) is 7.20. The van der Waals surface area contributed by atoms with E-state index in [1.165, 1.54) is 24.8 Å². The van der Waals surface area contributed by atoms with Gasteiger partial charge in [0.05, 0.1) is 0 Å². The minimum Gasteiger partial charge on any atom is -0.314 e. The van der Waals surface area contributed by atoms with E-state index in [2.05, 4.69) is 38.2 Å². The van der Waals surface area contributed by atoms with Crippen LogP contribution in [0.2, 0.25) is 5.02 Å². The van der Waals surface area contributed by atoms with Crippen molar-refractivity contribution < 1.29 is 0 Å². The molecule has 3 unspecified atom stereocenters. The molecule has 0 aromatic heterocycles. The third-order valence-corrected chi connectivity index (χ3v) is 5.00. The lowest BCUT2D eigenvalue weighted by molar-refractivity contribution is 0.181. The Morgan fingerprint density at radius 3 is 2.65 bits per heavy atom. The molecule has 1 N–H and O–H groups in total. The first-order valence-corrected chi connectivity index (χ1v) is 8.40. The van der Waals surface area contributed by atoms with Gasteiger partial charge in [-0.3, -0.25) is 0 Å². The summed E-state index contributed by atoms with van der Waals surface area (Å²) in [5.74, 6) is 2.42. The van der Waals surface area contributed by atoms with E-state index in [4.69, 9.17) is 11.6 Å². The molecule has 0 radical (unpaired) electrons. The van der Waals surface area contributed by atoms with Crippen LogP contribution in [0.3, 0.4) is 0 Å². The number of nitrogens with one attached hydrogen (secondary N) is 1. The Hall–Kier alpha value is -0.530. The van der Waals surface area contributed by atoms with Crippen molar-refractivity contribution in [1.29, 1.82) is 0 Å². The maximum atomic E-state index is 6.34. The van der Waals surface area contributed by atoms with Gasteiger partial charge in [-0.2, -0.15) is 0 Å². The van der Waals surface area contributed by atoms with Crippen LogP contribution in [0.15, 0.2) is 24.3 Å². The van der Waals surface area contributed by atoms with Crippen molar-refractivity contribution in [2.24, 2.45) is 17.8 Å². The summed E-state index contributed by atoms with van der Waals surface area (Å²) < 4.78 is 0. The van der Waals surface area contributed by atoms with Gasteiger partial charge in [-0.15, -0.1) is 0 Å². The first kappa shape index (κ1) is 15.9. The third kappa shape index (κ3) is 4.49. The van der Waals surface area contributed by atoms with Gasteiger partial charge in [0.1, 0.15) is 0 Å². The maximum absolute atomic E-state index is 6.34. The molecule has 0 saturated heterocycles. The Balaban J connectivity index is 2.02. The highest BCUT2D eigenvalue weighted by atomic mass is 35.5. The standard InChI is InChI=1S/C18H28ClN/c1-13(2)20-12-16-9-8-14(3)10-17(16)11-15-6-4-5-7-18(15)19/h4-7,13-14,16-17,20H,8-12H2,1-3H3. The van der Waals surface area contributed by atoms with Crippen LogP contribution >= 0.6 is 11.6 Å². The van der Waals surface area contributed by atoms with Crippen molar-refractivity contribution in [3.8, 4) is 0 Å². The van der Waals surface area contributed by atoms with Crippen LogP contribution in [0.1, 0.15) is 45.6 Å². The molecule has 1 aliphatic carbocycles. The molecule has 0 aliphatic heterocycles. The van der Waals surface area contributed by atoms with Gasteiger partial charge in [-0.05, 0) is 55.2 Å². The highest BCUT2D eigenvalue weighted by Gasteiger charge is 2.28. The molecule has 20 heavy (non-hydrogen) atoms. The molecule has 1 aromatic rings. The van der Waals surface area contributed by atoms with E-state index in [0.29, 0.717) is 6.04 Å². The molecule has 112 valence electrons. The Morgan fingerprint density at radius 1 is 1.20 bits per heavy atom. The van der Waals surface area contributed by atoms with Crippen LogP contribution in [0.4, 0.5) is 0 Å². The third-order valence-electron chi connectivity index (χ3n) is 4.63. The molecule has 1 aromatic carbocycles. The maximum Gasteiger partial charge on any atom is 0.0438 e. The van der Waals surface area contributed by atoms with Crippen LogP contribution in [0.5, 0.6) is 0 Å². The van der Waals surface area contributed by atoms with Crippen LogP contribution in [0, 0.1) is 17.8 Å². The van der Waals surface area contributed by atoms with Crippen LogP contribution in [0.25, 0.3) is 0 Å². The van der Waals surface area contributed by atoms with Gasteiger partial charge in [0.2, 0.25) is 0 Å². The zero-order valence-electron chi connectivity index (χ0n) is 13.0. The van der Waals surface area contributed by atoms with Gasteiger partial charge in [0.25, 0.3) is 0 Å². The second kappa shape index (κ2) is 7.47. The number of hydrogen-bond donors (Lipinski definition) is 1. The fraction of sp³-hybridized carbons (Fsp3) is 0.667. The number of hydrogen-bond acceptors (Lipinski definition) is 1. The van der Waals surface area contributed by atoms with E-state index in [1.807, 2.05) is 12.1 Å². The zero-order chi connectivity index (χ0) is 14.5. The molecule has 1 nitrogen and oxygen atoms in total. The van der Waals surface area contributed by atoms with Gasteiger partial charge in [0.15, 0.2) is 0 Å². The van der Waals surface area contributed by atoms with E-state index < -0.39 is 0 Å². The Morgan fingerprint density at radius 2 is 1.95 bits per heavy atom. The largest absolute Gasteiger partial charge is 0.314 e. The van der Waals surface area contributed by atoms with Crippen LogP contribution in [-0.4, -0.2) is 12.6 Å². The van der Waals surface area contributed by atoms with E-state index in [-0.39, 0.29) is 0 Å². The zero-order valence-corrected chi connectivity index (χ0v) is 13.8. The van der Waals surface area contributed by atoms with Crippen LogP contribution < -0.4 is 5.32 Å². The highest BCUT2D eigenvalue weighted by molar-refractivity contribution is 6.31. The topological polar surface area (TPSA) is 12.0 Å². The summed E-state index contributed by atoms with van der Waals surface area (Å²) in [5, 5.41) is 4.56. The van der Waals surface area contributed by atoms with Crippen molar-refractivity contribution in [2.75, 3.05) is 6.54 Å². The molecule has 1 saturated carbocycles. The summed E-state index contributed by atoms with van der Waals surface area (Å²) in [6, 6.07) is 8.91.